The molecule has 1 aliphatic heterocycles. The Hall–Kier alpha value is -2.41. The topological polar surface area (TPSA) is 35.6 Å². The largest absolute Gasteiger partial charge is 0.417 e. The minimum Gasteiger partial charge on any atom is -0.368 e. The summed E-state index contributed by atoms with van der Waals surface area (Å²) in [5.74, 6) is 0. The summed E-state index contributed by atoms with van der Waals surface area (Å²) in [4.78, 5) is 15.9. The summed E-state index contributed by atoms with van der Waals surface area (Å²) in [6.45, 7) is 3.67. The first kappa shape index (κ1) is 19.4. The van der Waals surface area contributed by atoms with Crippen molar-refractivity contribution in [3.05, 3.63) is 58.6 Å². The fraction of sp³-hybridized carbons (Fsp3) is 0.316. The van der Waals surface area contributed by atoms with Crippen molar-refractivity contribution in [3.8, 4) is 0 Å². The van der Waals surface area contributed by atoms with Gasteiger partial charge in [0, 0.05) is 37.6 Å². The van der Waals surface area contributed by atoms with E-state index in [-0.39, 0.29) is 11.1 Å². The summed E-state index contributed by atoms with van der Waals surface area (Å²) >= 11 is 5.67. The van der Waals surface area contributed by atoms with E-state index in [1.807, 2.05) is 36.1 Å². The molecule has 8 heteroatoms. The number of benzene rings is 2. The summed E-state index contributed by atoms with van der Waals surface area (Å²) in [6, 6.07) is 11.2. The first-order chi connectivity index (χ1) is 12.7. The van der Waals surface area contributed by atoms with Crippen molar-refractivity contribution in [2.24, 2.45) is 0 Å². The fourth-order valence-corrected chi connectivity index (χ4v) is 3.24. The molecule has 1 heterocycles. The molecular formula is C19H19ClF3N3O. The Morgan fingerprint density at radius 2 is 1.78 bits per heavy atom. The highest BCUT2D eigenvalue weighted by Gasteiger charge is 2.34. The number of halogens is 4. The number of hydrogen-bond acceptors (Lipinski definition) is 2. The van der Waals surface area contributed by atoms with Gasteiger partial charge in [-0.1, -0.05) is 23.7 Å². The van der Waals surface area contributed by atoms with Crippen LogP contribution in [0.5, 0.6) is 0 Å². The molecule has 144 valence electrons. The molecule has 2 aromatic carbocycles. The zero-order valence-corrected chi connectivity index (χ0v) is 15.4. The van der Waals surface area contributed by atoms with Crippen LogP contribution in [0.4, 0.5) is 29.3 Å². The molecule has 2 amide bonds. The van der Waals surface area contributed by atoms with Gasteiger partial charge in [-0.25, -0.2) is 4.79 Å². The standard InChI is InChI=1S/C19H19ClF3N3O/c1-13-3-2-4-14(11-13)24-18(27)26-9-7-25(8-10-26)15-5-6-17(20)16(12-15)19(21,22)23/h2-6,11-12H,7-10H2,1H3,(H,24,27). The van der Waals surface area contributed by atoms with Gasteiger partial charge in [0.15, 0.2) is 0 Å². The highest BCUT2D eigenvalue weighted by Crippen LogP contribution is 2.37. The van der Waals surface area contributed by atoms with E-state index in [4.69, 9.17) is 11.6 Å². The smallest absolute Gasteiger partial charge is 0.368 e. The summed E-state index contributed by atoms with van der Waals surface area (Å²) in [6.07, 6.45) is -4.50. The molecule has 0 saturated carbocycles. The third kappa shape index (κ3) is 4.66. The van der Waals surface area contributed by atoms with Crippen LogP contribution < -0.4 is 10.2 Å². The molecule has 0 radical (unpaired) electrons. The molecule has 1 saturated heterocycles. The van der Waals surface area contributed by atoms with Gasteiger partial charge in [0.2, 0.25) is 0 Å². The van der Waals surface area contributed by atoms with Crippen LogP contribution >= 0.6 is 11.6 Å². The van der Waals surface area contributed by atoms with Gasteiger partial charge in [0.1, 0.15) is 0 Å². The monoisotopic (exact) mass is 397 g/mol. The number of hydrogen-bond donors (Lipinski definition) is 1. The molecule has 1 fully saturated rings. The summed E-state index contributed by atoms with van der Waals surface area (Å²) in [7, 11) is 0. The van der Waals surface area contributed by atoms with Crippen LogP contribution in [0.2, 0.25) is 5.02 Å². The SMILES string of the molecule is Cc1cccc(NC(=O)N2CCN(c3ccc(Cl)c(C(F)(F)F)c3)CC2)c1. The van der Waals surface area contributed by atoms with E-state index < -0.39 is 11.7 Å². The average molecular weight is 398 g/mol. The third-order valence-electron chi connectivity index (χ3n) is 4.46. The number of piperazine rings is 1. The number of alkyl halides is 3. The predicted molar refractivity (Wildman–Crippen MR) is 100 cm³/mol. The van der Waals surface area contributed by atoms with Gasteiger partial charge in [-0.3, -0.25) is 0 Å². The van der Waals surface area contributed by atoms with Gasteiger partial charge < -0.3 is 15.1 Å². The number of urea groups is 1. The number of amides is 2. The first-order valence-corrected chi connectivity index (χ1v) is 8.86. The van der Waals surface area contributed by atoms with Gasteiger partial charge in [-0.15, -0.1) is 0 Å². The van der Waals surface area contributed by atoms with E-state index in [0.717, 1.165) is 17.3 Å². The number of nitrogens with one attached hydrogen (secondary N) is 1. The summed E-state index contributed by atoms with van der Waals surface area (Å²) in [5, 5.41) is 2.53. The van der Waals surface area contributed by atoms with Crippen molar-refractivity contribution in [2.75, 3.05) is 36.4 Å². The maximum absolute atomic E-state index is 13.0. The molecule has 0 aromatic heterocycles. The van der Waals surface area contributed by atoms with E-state index in [9.17, 15) is 18.0 Å². The van der Waals surface area contributed by atoms with E-state index in [2.05, 4.69) is 5.32 Å². The van der Waals surface area contributed by atoms with Crippen molar-refractivity contribution in [1.82, 2.24) is 4.90 Å². The average Bonchev–Trinajstić information content (AvgIpc) is 2.61. The zero-order chi connectivity index (χ0) is 19.6. The van der Waals surface area contributed by atoms with Gasteiger partial charge in [-0.05, 0) is 42.8 Å². The van der Waals surface area contributed by atoms with Crippen molar-refractivity contribution >= 4 is 29.0 Å². The Labute approximate surface area is 160 Å². The maximum atomic E-state index is 13.0. The van der Waals surface area contributed by atoms with Crippen LogP contribution in [0.15, 0.2) is 42.5 Å². The van der Waals surface area contributed by atoms with Crippen molar-refractivity contribution < 1.29 is 18.0 Å². The molecule has 0 unspecified atom stereocenters. The Kier molecular flexibility index (Phi) is 5.51. The second-order valence-electron chi connectivity index (χ2n) is 6.44. The molecular weight excluding hydrogens is 379 g/mol. The van der Waals surface area contributed by atoms with Crippen LogP contribution in [0.25, 0.3) is 0 Å². The Morgan fingerprint density at radius 1 is 1.07 bits per heavy atom. The highest BCUT2D eigenvalue weighted by molar-refractivity contribution is 6.31. The molecule has 1 N–H and O–H groups in total. The number of carbonyl (C=O) groups is 1. The van der Waals surface area contributed by atoms with Crippen LogP contribution in [0, 0.1) is 6.92 Å². The molecule has 0 atom stereocenters. The van der Waals surface area contributed by atoms with Crippen molar-refractivity contribution in [2.45, 2.75) is 13.1 Å². The lowest BCUT2D eigenvalue weighted by Crippen LogP contribution is -2.50. The van der Waals surface area contributed by atoms with Gasteiger partial charge in [-0.2, -0.15) is 13.2 Å². The lowest BCUT2D eigenvalue weighted by atomic mass is 10.1. The lowest BCUT2D eigenvalue weighted by molar-refractivity contribution is -0.137. The Morgan fingerprint density at radius 3 is 2.41 bits per heavy atom. The number of carbonyl (C=O) groups excluding carboxylic acids is 1. The number of anilines is 2. The molecule has 3 rings (SSSR count). The molecule has 0 spiro atoms. The highest BCUT2D eigenvalue weighted by atomic mass is 35.5. The lowest BCUT2D eigenvalue weighted by Gasteiger charge is -2.36. The first-order valence-electron chi connectivity index (χ1n) is 8.48. The number of aryl methyl sites for hydroxylation is 1. The maximum Gasteiger partial charge on any atom is 0.417 e. The second-order valence-corrected chi connectivity index (χ2v) is 6.84. The van der Waals surface area contributed by atoms with Crippen molar-refractivity contribution in [3.63, 3.8) is 0 Å². The van der Waals surface area contributed by atoms with Gasteiger partial charge >= 0.3 is 12.2 Å². The van der Waals surface area contributed by atoms with E-state index in [0.29, 0.717) is 31.9 Å². The molecule has 0 bridgehead atoms. The quantitative estimate of drug-likeness (QED) is 0.772. The van der Waals surface area contributed by atoms with Crippen molar-refractivity contribution in [1.29, 1.82) is 0 Å². The zero-order valence-electron chi connectivity index (χ0n) is 14.7. The Bertz CT molecular complexity index is 833. The van der Waals surface area contributed by atoms with Crippen LogP contribution in [-0.4, -0.2) is 37.1 Å². The minimum atomic E-state index is -4.50. The molecule has 4 nitrogen and oxygen atoms in total. The van der Waals surface area contributed by atoms with Gasteiger partial charge in [0.25, 0.3) is 0 Å². The van der Waals surface area contributed by atoms with Gasteiger partial charge in [0.05, 0.1) is 10.6 Å². The second kappa shape index (κ2) is 7.68. The van der Waals surface area contributed by atoms with Crippen LogP contribution in [0.3, 0.4) is 0 Å². The predicted octanol–water partition coefficient (Wildman–Crippen LogP) is 5.02. The fourth-order valence-electron chi connectivity index (χ4n) is 3.02. The summed E-state index contributed by atoms with van der Waals surface area (Å²) < 4.78 is 39.1. The minimum absolute atomic E-state index is 0.215. The molecule has 0 aliphatic carbocycles. The third-order valence-corrected chi connectivity index (χ3v) is 4.79. The van der Waals surface area contributed by atoms with Crippen LogP contribution in [0.1, 0.15) is 11.1 Å². The number of nitrogens with zero attached hydrogens (tertiary/aromatic N) is 2. The van der Waals surface area contributed by atoms with Crippen LogP contribution in [-0.2, 0) is 6.18 Å². The normalized spacial score (nSPS) is 15.0. The molecule has 2 aromatic rings. The molecule has 27 heavy (non-hydrogen) atoms. The summed E-state index contributed by atoms with van der Waals surface area (Å²) in [5.41, 5.74) is 1.36. The molecule has 1 aliphatic rings. The van der Waals surface area contributed by atoms with E-state index >= 15 is 0 Å². The number of rotatable bonds is 2. The Balaban J connectivity index is 1.63. The van der Waals surface area contributed by atoms with E-state index in [1.165, 1.54) is 6.07 Å². The van der Waals surface area contributed by atoms with E-state index in [1.54, 1.807) is 11.0 Å².